The third-order valence-corrected chi connectivity index (χ3v) is 6.15. The number of aliphatic imine (C=N–C) groups is 1. The molecule has 1 unspecified atom stereocenters. The molecule has 2 aromatic rings. The molecule has 1 aliphatic rings. The molecule has 0 aromatic heterocycles. The number of sulfonamides is 1. The molecule has 0 radical (unpaired) electrons. The van der Waals surface area contributed by atoms with Crippen molar-refractivity contribution in [2.75, 3.05) is 6.54 Å². The van der Waals surface area contributed by atoms with Gasteiger partial charge in [-0.3, -0.25) is 4.99 Å². The van der Waals surface area contributed by atoms with Crippen molar-refractivity contribution in [2.24, 2.45) is 10.1 Å². The van der Waals surface area contributed by atoms with E-state index < -0.39 is 26.2 Å². The normalized spacial score (nSPS) is 20.0. The first kappa shape index (κ1) is 18.0. The highest BCUT2D eigenvalue weighted by Gasteiger charge is 2.34. The van der Waals surface area contributed by atoms with Gasteiger partial charge in [-0.25, -0.2) is 17.9 Å². The van der Waals surface area contributed by atoms with Crippen LogP contribution in [0.1, 0.15) is 16.7 Å². The van der Waals surface area contributed by atoms with Crippen molar-refractivity contribution in [1.29, 1.82) is 0 Å². The van der Waals surface area contributed by atoms with Gasteiger partial charge in [0.1, 0.15) is 10.7 Å². The summed E-state index contributed by atoms with van der Waals surface area (Å²) in [4.78, 5) is 3.83. The van der Waals surface area contributed by atoms with E-state index >= 15 is 0 Å². The molecular formula is C18H16BrFN2O2S. The maximum Gasteiger partial charge on any atom is 0.240 e. The lowest BCUT2D eigenvalue weighted by Gasteiger charge is -2.32. The summed E-state index contributed by atoms with van der Waals surface area (Å²) in [6.45, 7) is 2.38. The third kappa shape index (κ3) is 3.31. The van der Waals surface area contributed by atoms with Crippen molar-refractivity contribution < 1.29 is 12.8 Å². The maximum atomic E-state index is 14.4. The van der Waals surface area contributed by atoms with Crippen LogP contribution in [0.25, 0.3) is 0 Å². The smallest absolute Gasteiger partial charge is 0.240 e. The first-order chi connectivity index (χ1) is 11.7. The molecule has 0 spiro atoms. The van der Waals surface area contributed by atoms with Gasteiger partial charge in [0.2, 0.25) is 10.0 Å². The molecule has 2 aromatic carbocycles. The lowest BCUT2D eigenvalue weighted by atomic mass is 9.73. The Morgan fingerprint density at radius 3 is 2.44 bits per heavy atom. The fourth-order valence-corrected chi connectivity index (χ4v) is 3.91. The zero-order chi connectivity index (χ0) is 18.2. The van der Waals surface area contributed by atoms with Gasteiger partial charge in [-0.2, -0.15) is 0 Å². The number of primary sulfonamides is 1. The van der Waals surface area contributed by atoms with Crippen LogP contribution in [-0.2, 0) is 15.4 Å². The van der Waals surface area contributed by atoms with E-state index in [-0.39, 0.29) is 0 Å². The molecule has 7 heteroatoms. The summed E-state index contributed by atoms with van der Waals surface area (Å²) < 4.78 is 38.3. The van der Waals surface area contributed by atoms with E-state index in [0.717, 1.165) is 15.6 Å². The molecule has 0 amide bonds. The highest BCUT2D eigenvalue weighted by atomic mass is 79.9. The summed E-state index contributed by atoms with van der Waals surface area (Å²) in [7, 11) is -4.11. The Morgan fingerprint density at radius 2 is 1.88 bits per heavy atom. The van der Waals surface area contributed by atoms with E-state index in [1.54, 1.807) is 12.3 Å². The van der Waals surface area contributed by atoms with E-state index in [1.807, 2.05) is 37.3 Å². The van der Waals surface area contributed by atoms with Crippen molar-refractivity contribution in [2.45, 2.75) is 17.2 Å². The van der Waals surface area contributed by atoms with Crippen LogP contribution in [0, 0.1) is 12.7 Å². The largest absolute Gasteiger partial charge is 0.292 e. The molecule has 0 bridgehead atoms. The number of allylic oxidation sites excluding steroid dienone is 1. The highest BCUT2D eigenvalue weighted by Crippen LogP contribution is 2.38. The van der Waals surface area contributed by atoms with Gasteiger partial charge in [0, 0.05) is 10.7 Å². The lowest BCUT2D eigenvalue weighted by Crippen LogP contribution is -2.31. The average Bonchev–Trinajstić information content (AvgIpc) is 2.56. The Bertz CT molecular complexity index is 1000. The summed E-state index contributed by atoms with van der Waals surface area (Å²) in [5.74, 6) is -0.867. The van der Waals surface area contributed by atoms with Crippen molar-refractivity contribution in [3.8, 4) is 0 Å². The van der Waals surface area contributed by atoms with Crippen LogP contribution in [0.3, 0.4) is 0 Å². The zero-order valence-electron chi connectivity index (χ0n) is 13.4. The Balaban J connectivity index is 2.20. The minimum atomic E-state index is -4.11. The van der Waals surface area contributed by atoms with Gasteiger partial charge in [0.15, 0.2) is 0 Å². The zero-order valence-corrected chi connectivity index (χ0v) is 15.8. The number of hydrogen-bond donors (Lipinski definition) is 1. The highest BCUT2D eigenvalue weighted by molar-refractivity contribution is 9.10. The molecule has 1 aliphatic heterocycles. The number of rotatable bonds is 3. The first-order valence-corrected chi connectivity index (χ1v) is 9.85. The topological polar surface area (TPSA) is 72.5 Å². The fourth-order valence-electron chi connectivity index (χ4n) is 2.94. The summed E-state index contributed by atoms with van der Waals surface area (Å²) >= 11 is 3.53. The number of nitrogens with zero attached hydrogens (tertiary/aromatic N) is 1. The molecule has 2 N–H and O–H groups in total. The van der Waals surface area contributed by atoms with E-state index in [4.69, 9.17) is 5.14 Å². The van der Waals surface area contributed by atoms with Crippen molar-refractivity contribution in [3.05, 3.63) is 75.5 Å². The molecule has 0 fully saturated rings. The predicted octanol–water partition coefficient (Wildman–Crippen LogP) is 3.47. The standard InChI is InChI=1S/C18H16BrFN2O2S/c1-12-3-4-13(9-15(12)19)18(7-2-8-22-11-18)14-5-6-17(16(20)10-14)25(21,23)24/h2-10H,11H2,1H3,(H2,21,23,24). The van der Waals surface area contributed by atoms with E-state index in [9.17, 15) is 12.8 Å². The third-order valence-electron chi connectivity index (χ3n) is 4.35. The van der Waals surface area contributed by atoms with Crippen LogP contribution >= 0.6 is 15.9 Å². The number of nitrogens with two attached hydrogens (primary N) is 1. The molecule has 1 heterocycles. The van der Waals surface area contributed by atoms with Crippen LogP contribution in [-0.4, -0.2) is 21.2 Å². The summed E-state index contributed by atoms with van der Waals surface area (Å²) in [6.07, 6.45) is 5.45. The SMILES string of the molecule is Cc1ccc(C2(c3ccc(S(N)(=O)=O)c(F)c3)C=CC=NC2)cc1Br. The second-order valence-corrected chi connectivity index (χ2v) is 8.36. The molecule has 0 saturated carbocycles. The second-order valence-electron chi connectivity index (χ2n) is 5.97. The molecule has 0 saturated heterocycles. The first-order valence-electron chi connectivity index (χ1n) is 7.51. The number of benzene rings is 2. The molecule has 25 heavy (non-hydrogen) atoms. The second kappa shape index (κ2) is 6.48. The predicted molar refractivity (Wildman–Crippen MR) is 99.9 cm³/mol. The van der Waals surface area contributed by atoms with Gasteiger partial charge < -0.3 is 0 Å². The van der Waals surface area contributed by atoms with E-state index in [2.05, 4.69) is 20.9 Å². The van der Waals surface area contributed by atoms with Gasteiger partial charge in [-0.15, -0.1) is 0 Å². The average molecular weight is 423 g/mol. The van der Waals surface area contributed by atoms with Crippen LogP contribution in [0.15, 0.2) is 62.9 Å². The van der Waals surface area contributed by atoms with Crippen LogP contribution < -0.4 is 5.14 Å². The van der Waals surface area contributed by atoms with E-state index in [0.29, 0.717) is 12.1 Å². The van der Waals surface area contributed by atoms with Gasteiger partial charge in [-0.05, 0) is 47.9 Å². The van der Waals surface area contributed by atoms with E-state index in [1.165, 1.54) is 12.1 Å². The molecule has 130 valence electrons. The number of dihydropyridines is 1. The van der Waals surface area contributed by atoms with Crippen molar-refractivity contribution >= 4 is 32.2 Å². The van der Waals surface area contributed by atoms with Crippen molar-refractivity contribution in [3.63, 3.8) is 0 Å². The number of halogens is 2. The van der Waals surface area contributed by atoms with Crippen LogP contribution in [0.5, 0.6) is 0 Å². The summed E-state index contributed by atoms with van der Waals surface area (Å²) in [5, 5.41) is 5.06. The molecule has 3 rings (SSSR count). The summed E-state index contributed by atoms with van der Waals surface area (Å²) in [5.41, 5.74) is 1.95. The van der Waals surface area contributed by atoms with Gasteiger partial charge >= 0.3 is 0 Å². The molecule has 1 atom stereocenters. The Morgan fingerprint density at radius 1 is 1.20 bits per heavy atom. The van der Waals surface area contributed by atoms with Crippen molar-refractivity contribution in [1.82, 2.24) is 0 Å². The van der Waals surface area contributed by atoms with Gasteiger partial charge in [-0.1, -0.05) is 40.2 Å². The molecule has 0 aliphatic carbocycles. The minimum absolute atomic E-state index is 0.396. The molecule has 4 nitrogen and oxygen atoms in total. The quantitative estimate of drug-likeness (QED) is 0.821. The summed E-state index contributed by atoms with van der Waals surface area (Å²) in [6, 6.07) is 9.93. The Hall–Kier alpha value is -1.83. The van der Waals surface area contributed by atoms with Crippen LogP contribution in [0.4, 0.5) is 4.39 Å². The molecular weight excluding hydrogens is 407 g/mol. The van der Waals surface area contributed by atoms with Crippen LogP contribution in [0.2, 0.25) is 0 Å². The minimum Gasteiger partial charge on any atom is -0.292 e. The lowest BCUT2D eigenvalue weighted by molar-refractivity contribution is 0.561. The Kier molecular flexibility index (Phi) is 4.66. The fraction of sp³-hybridized carbons (Fsp3) is 0.167. The van der Waals surface area contributed by atoms with Gasteiger partial charge in [0.05, 0.1) is 12.0 Å². The monoisotopic (exact) mass is 422 g/mol. The maximum absolute atomic E-state index is 14.4. The number of hydrogen-bond acceptors (Lipinski definition) is 3. The van der Waals surface area contributed by atoms with Gasteiger partial charge in [0.25, 0.3) is 0 Å². The Labute approximate surface area is 154 Å². The number of aryl methyl sites for hydroxylation is 1.